The lowest BCUT2D eigenvalue weighted by atomic mass is 9.71. The van der Waals surface area contributed by atoms with Crippen LogP contribution >= 0.6 is 11.6 Å². The van der Waals surface area contributed by atoms with E-state index in [1.165, 1.54) is 25.7 Å². The van der Waals surface area contributed by atoms with Gasteiger partial charge in [-0.2, -0.15) is 0 Å². The predicted molar refractivity (Wildman–Crippen MR) is 99.0 cm³/mol. The summed E-state index contributed by atoms with van der Waals surface area (Å²) in [6.07, 6.45) is 6.08. The summed E-state index contributed by atoms with van der Waals surface area (Å²) in [5.41, 5.74) is 0.216. The van der Waals surface area contributed by atoms with Crippen molar-refractivity contribution in [3.8, 4) is 5.75 Å². The third kappa shape index (κ3) is 2.83. The van der Waals surface area contributed by atoms with E-state index in [2.05, 4.69) is 23.8 Å². The second-order valence-electron chi connectivity index (χ2n) is 8.11. The largest absolute Gasteiger partial charge is 0.482 e. The molecule has 4 rings (SSSR count). The zero-order chi connectivity index (χ0) is 17.6. The first kappa shape index (κ1) is 17.2. The van der Waals surface area contributed by atoms with Gasteiger partial charge in [-0.3, -0.25) is 9.69 Å². The Kier molecular flexibility index (Phi) is 4.45. The molecule has 0 radical (unpaired) electrons. The highest BCUT2D eigenvalue weighted by Gasteiger charge is 2.58. The molecule has 5 heteroatoms. The number of ether oxygens (including phenoxy) is 1. The van der Waals surface area contributed by atoms with Crippen molar-refractivity contribution < 1.29 is 9.53 Å². The van der Waals surface area contributed by atoms with Crippen LogP contribution in [0.1, 0.15) is 39.0 Å². The highest BCUT2D eigenvalue weighted by Crippen LogP contribution is 2.52. The summed E-state index contributed by atoms with van der Waals surface area (Å²) in [5, 5.41) is 0.551. The molecule has 2 heterocycles. The van der Waals surface area contributed by atoms with Crippen molar-refractivity contribution in [3.63, 3.8) is 0 Å². The Balaban J connectivity index is 1.52. The zero-order valence-corrected chi connectivity index (χ0v) is 15.8. The first-order valence-electron chi connectivity index (χ1n) is 9.39. The molecule has 1 amide bonds. The minimum atomic E-state index is 0.0669. The van der Waals surface area contributed by atoms with E-state index in [9.17, 15) is 4.79 Å². The molecule has 1 aromatic carbocycles. The van der Waals surface area contributed by atoms with Gasteiger partial charge in [-0.1, -0.05) is 43.5 Å². The number of nitrogens with zero attached hydrogens (tertiary/aromatic N) is 2. The van der Waals surface area contributed by atoms with Crippen molar-refractivity contribution >= 4 is 17.5 Å². The van der Waals surface area contributed by atoms with Gasteiger partial charge in [0.1, 0.15) is 5.75 Å². The number of hydrogen-bond donors (Lipinski definition) is 0. The number of piperidine rings is 1. The SMILES string of the molecule is CN1[C@@H]2CN(C(=O)COc3ccccc3Cl)[C@@H]3CCCC[C@H]1[C@]3(C)C2. The van der Waals surface area contributed by atoms with Crippen molar-refractivity contribution in [2.24, 2.45) is 5.41 Å². The first-order valence-corrected chi connectivity index (χ1v) is 9.77. The van der Waals surface area contributed by atoms with E-state index in [0.717, 1.165) is 13.0 Å². The van der Waals surface area contributed by atoms with Gasteiger partial charge in [-0.15, -0.1) is 0 Å². The molecule has 0 N–H and O–H groups in total. The summed E-state index contributed by atoms with van der Waals surface area (Å²) < 4.78 is 5.73. The van der Waals surface area contributed by atoms with Gasteiger partial charge >= 0.3 is 0 Å². The van der Waals surface area contributed by atoms with E-state index in [4.69, 9.17) is 16.3 Å². The highest BCUT2D eigenvalue weighted by atomic mass is 35.5. The van der Waals surface area contributed by atoms with Gasteiger partial charge in [0.05, 0.1) is 5.02 Å². The van der Waals surface area contributed by atoms with E-state index >= 15 is 0 Å². The van der Waals surface area contributed by atoms with Crippen LogP contribution in [0, 0.1) is 5.41 Å². The number of para-hydroxylation sites is 1. The molecular formula is C20H27ClN2O2. The Hall–Kier alpha value is -1.26. The van der Waals surface area contributed by atoms with E-state index in [1.54, 1.807) is 6.07 Å². The molecule has 1 aliphatic carbocycles. The van der Waals surface area contributed by atoms with Gasteiger partial charge < -0.3 is 9.64 Å². The third-order valence-corrected chi connectivity index (χ3v) is 7.07. The number of amides is 1. The number of rotatable bonds is 3. The summed E-state index contributed by atoms with van der Waals surface area (Å²) in [5.74, 6) is 0.677. The van der Waals surface area contributed by atoms with Crippen LogP contribution in [-0.2, 0) is 4.79 Å². The number of likely N-dealkylation sites (tertiary alicyclic amines) is 2. The minimum Gasteiger partial charge on any atom is -0.482 e. The number of carbonyl (C=O) groups excluding carboxylic acids is 1. The van der Waals surface area contributed by atoms with Crippen LogP contribution in [0.2, 0.25) is 5.02 Å². The lowest BCUT2D eigenvalue weighted by Crippen LogP contribution is -2.56. The van der Waals surface area contributed by atoms with Crippen LogP contribution in [0.3, 0.4) is 0 Å². The lowest BCUT2D eigenvalue weighted by Gasteiger charge is -2.46. The fourth-order valence-electron chi connectivity index (χ4n) is 5.52. The quantitative estimate of drug-likeness (QED) is 0.823. The number of likely N-dealkylation sites (N-methyl/N-ethyl adjacent to an activating group) is 1. The molecule has 2 bridgehead atoms. The molecule has 0 spiro atoms. The molecule has 2 saturated heterocycles. The molecule has 25 heavy (non-hydrogen) atoms. The molecule has 4 atom stereocenters. The van der Waals surface area contributed by atoms with Crippen molar-refractivity contribution in [1.82, 2.24) is 9.80 Å². The fraction of sp³-hybridized carbons (Fsp3) is 0.650. The van der Waals surface area contributed by atoms with Gasteiger partial charge in [0.15, 0.2) is 6.61 Å². The second-order valence-corrected chi connectivity index (χ2v) is 8.52. The van der Waals surface area contributed by atoms with Crippen molar-refractivity contribution in [3.05, 3.63) is 29.3 Å². The van der Waals surface area contributed by atoms with Crippen LogP contribution in [0.25, 0.3) is 0 Å². The summed E-state index contributed by atoms with van der Waals surface area (Å²) >= 11 is 6.14. The smallest absolute Gasteiger partial charge is 0.260 e. The number of halogens is 1. The summed E-state index contributed by atoms with van der Waals surface area (Å²) in [4.78, 5) is 17.7. The Morgan fingerprint density at radius 2 is 2.00 bits per heavy atom. The molecule has 3 aliphatic rings. The topological polar surface area (TPSA) is 32.8 Å². The lowest BCUT2D eigenvalue weighted by molar-refractivity contribution is -0.141. The second kappa shape index (κ2) is 6.48. The molecule has 0 unspecified atom stereocenters. The molecule has 0 aromatic heterocycles. The summed E-state index contributed by atoms with van der Waals surface area (Å²) in [6.45, 7) is 3.30. The molecular weight excluding hydrogens is 336 g/mol. The van der Waals surface area contributed by atoms with Crippen molar-refractivity contribution in [2.75, 3.05) is 20.2 Å². The number of hydrogen-bond acceptors (Lipinski definition) is 3. The van der Waals surface area contributed by atoms with E-state index in [1.807, 2.05) is 18.2 Å². The van der Waals surface area contributed by atoms with Crippen LogP contribution in [0.15, 0.2) is 24.3 Å². The van der Waals surface area contributed by atoms with Crippen molar-refractivity contribution in [1.29, 1.82) is 0 Å². The van der Waals surface area contributed by atoms with Crippen molar-refractivity contribution in [2.45, 2.75) is 57.2 Å². The molecule has 1 aromatic rings. The van der Waals surface area contributed by atoms with Gasteiger partial charge in [0, 0.05) is 30.1 Å². The van der Waals surface area contributed by atoms with Gasteiger partial charge in [-0.25, -0.2) is 0 Å². The Labute approximate surface area is 155 Å². The van der Waals surface area contributed by atoms with Gasteiger partial charge in [-0.05, 0) is 38.4 Å². The molecule has 136 valence electrons. The van der Waals surface area contributed by atoms with Gasteiger partial charge in [0.2, 0.25) is 0 Å². The van der Waals surface area contributed by atoms with E-state index < -0.39 is 0 Å². The standard InChI is InChI=1S/C20H27ClN2O2/c1-20-11-14-12-23(18(20)10-6-5-9-17(20)22(14)2)19(24)13-25-16-8-4-3-7-15(16)21/h3-4,7-8,14,17-18H,5-6,9-13H2,1-2H3/t14-,17-,18+,20-/m0/s1. The fourth-order valence-corrected chi connectivity index (χ4v) is 5.71. The van der Waals surface area contributed by atoms with Crippen LogP contribution < -0.4 is 4.74 Å². The summed E-state index contributed by atoms with van der Waals surface area (Å²) in [6, 6.07) is 8.76. The molecule has 1 saturated carbocycles. The maximum atomic E-state index is 13.0. The monoisotopic (exact) mass is 362 g/mol. The highest BCUT2D eigenvalue weighted by molar-refractivity contribution is 6.32. The maximum Gasteiger partial charge on any atom is 0.260 e. The number of fused-ring (bicyclic) bond motifs is 1. The van der Waals surface area contributed by atoms with E-state index in [0.29, 0.717) is 28.9 Å². The average molecular weight is 363 g/mol. The van der Waals surface area contributed by atoms with Gasteiger partial charge in [0.25, 0.3) is 5.91 Å². The number of carbonyl (C=O) groups is 1. The Morgan fingerprint density at radius 1 is 1.28 bits per heavy atom. The average Bonchev–Trinajstić information content (AvgIpc) is 2.72. The summed E-state index contributed by atoms with van der Waals surface area (Å²) in [7, 11) is 2.25. The Morgan fingerprint density at radius 3 is 2.76 bits per heavy atom. The molecule has 3 fully saturated rings. The van der Waals surface area contributed by atoms with E-state index in [-0.39, 0.29) is 17.9 Å². The Bertz CT molecular complexity index is 667. The van der Waals surface area contributed by atoms with Crippen LogP contribution in [0.5, 0.6) is 5.75 Å². The van der Waals surface area contributed by atoms with Crippen LogP contribution in [0.4, 0.5) is 0 Å². The third-order valence-electron chi connectivity index (χ3n) is 6.76. The maximum absolute atomic E-state index is 13.0. The first-order chi connectivity index (χ1) is 12.0. The zero-order valence-electron chi connectivity index (χ0n) is 15.1. The normalized spacial score (nSPS) is 34.7. The van der Waals surface area contributed by atoms with Crippen LogP contribution in [-0.4, -0.2) is 54.0 Å². The molecule has 2 aliphatic heterocycles. The predicted octanol–water partition coefficient (Wildman–Crippen LogP) is 3.58. The minimum absolute atomic E-state index is 0.0669. The number of benzene rings is 1. The molecule has 4 nitrogen and oxygen atoms in total.